The molecule has 2 amide bonds. The van der Waals surface area contributed by atoms with Gasteiger partial charge in [-0.25, -0.2) is 4.79 Å². The van der Waals surface area contributed by atoms with E-state index in [0.29, 0.717) is 26.3 Å². The summed E-state index contributed by atoms with van der Waals surface area (Å²) in [5.74, 6) is 0. The van der Waals surface area contributed by atoms with Crippen molar-refractivity contribution in [3.63, 3.8) is 0 Å². The number of hydrogen-bond donors (Lipinski definition) is 1. The van der Waals surface area contributed by atoms with E-state index in [1.165, 1.54) is 0 Å². The van der Waals surface area contributed by atoms with Crippen molar-refractivity contribution < 1.29 is 9.53 Å². The Morgan fingerprint density at radius 3 is 2.67 bits per heavy atom. The van der Waals surface area contributed by atoms with E-state index in [4.69, 9.17) is 4.74 Å². The van der Waals surface area contributed by atoms with E-state index in [-0.39, 0.29) is 6.03 Å². The van der Waals surface area contributed by atoms with Gasteiger partial charge in [-0.1, -0.05) is 12.1 Å². The first-order valence-electron chi connectivity index (χ1n) is 7.01. The summed E-state index contributed by atoms with van der Waals surface area (Å²) in [5, 5.41) is 7.08. The second kappa shape index (κ2) is 6.41. The van der Waals surface area contributed by atoms with E-state index in [1.807, 2.05) is 41.2 Å². The fourth-order valence-electron chi connectivity index (χ4n) is 2.24. The first-order chi connectivity index (χ1) is 10.3. The van der Waals surface area contributed by atoms with Crippen molar-refractivity contribution in [2.45, 2.75) is 6.54 Å². The Hall–Kier alpha value is -2.34. The van der Waals surface area contributed by atoms with Crippen LogP contribution < -0.4 is 5.32 Å². The minimum Gasteiger partial charge on any atom is -0.378 e. The lowest BCUT2D eigenvalue weighted by atomic mass is 10.2. The molecule has 1 N–H and O–H groups in total. The average Bonchev–Trinajstić information content (AvgIpc) is 3.03. The Balaban J connectivity index is 1.57. The Kier molecular flexibility index (Phi) is 4.16. The van der Waals surface area contributed by atoms with E-state index < -0.39 is 0 Å². The van der Waals surface area contributed by atoms with Crippen LogP contribution in [0.4, 0.5) is 10.5 Å². The molecule has 1 aliphatic heterocycles. The predicted octanol–water partition coefficient (Wildman–Crippen LogP) is 1.80. The lowest BCUT2D eigenvalue weighted by Crippen LogP contribution is -2.43. The Morgan fingerprint density at radius 2 is 2.00 bits per heavy atom. The van der Waals surface area contributed by atoms with E-state index in [9.17, 15) is 4.79 Å². The molecule has 6 heteroatoms. The summed E-state index contributed by atoms with van der Waals surface area (Å²) < 4.78 is 7.10. The summed E-state index contributed by atoms with van der Waals surface area (Å²) in [7, 11) is 0. The van der Waals surface area contributed by atoms with Crippen LogP contribution in [0.1, 0.15) is 5.56 Å². The molecule has 0 aliphatic carbocycles. The van der Waals surface area contributed by atoms with Gasteiger partial charge in [-0.3, -0.25) is 4.68 Å². The van der Waals surface area contributed by atoms with Gasteiger partial charge in [0, 0.05) is 31.2 Å². The van der Waals surface area contributed by atoms with Crippen molar-refractivity contribution >= 4 is 11.7 Å². The number of morpholine rings is 1. The summed E-state index contributed by atoms with van der Waals surface area (Å²) in [6.07, 6.45) is 3.69. The van der Waals surface area contributed by atoms with E-state index in [1.54, 1.807) is 11.1 Å². The van der Waals surface area contributed by atoms with Crippen LogP contribution >= 0.6 is 0 Å². The van der Waals surface area contributed by atoms with Gasteiger partial charge in [-0.2, -0.15) is 5.10 Å². The van der Waals surface area contributed by atoms with Gasteiger partial charge < -0.3 is 15.0 Å². The van der Waals surface area contributed by atoms with Gasteiger partial charge in [-0.05, 0) is 23.8 Å². The van der Waals surface area contributed by atoms with Gasteiger partial charge in [0.05, 0.1) is 19.8 Å². The minimum atomic E-state index is -0.0712. The van der Waals surface area contributed by atoms with Crippen LogP contribution in [-0.4, -0.2) is 47.0 Å². The van der Waals surface area contributed by atoms with E-state index >= 15 is 0 Å². The number of amides is 2. The molecule has 0 bridgehead atoms. The van der Waals surface area contributed by atoms with E-state index in [0.717, 1.165) is 17.8 Å². The lowest BCUT2D eigenvalue weighted by molar-refractivity contribution is 0.0564. The quantitative estimate of drug-likeness (QED) is 0.936. The molecule has 0 spiro atoms. The van der Waals surface area contributed by atoms with Gasteiger partial charge in [0.15, 0.2) is 0 Å². The van der Waals surface area contributed by atoms with Crippen LogP contribution in [0.2, 0.25) is 0 Å². The highest BCUT2D eigenvalue weighted by molar-refractivity contribution is 5.89. The number of urea groups is 1. The van der Waals surface area contributed by atoms with Crippen molar-refractivity contribution in [2.24, 2.45) is 0 Å². The number of anilines is 1. The maximum absolute atomic E-state index is 12.1. The topological polar surface area (TPSA) is 59.4 Å². The zero-order valence-electron chi connectivity index (χ0n) is 11.7. The van der Waals surface area contributed by atoms with Gasteiger partial charge in [0.1, 0.15) is 0 Å². The van der Waals surface area contributed by atoms with Gasteiger partial charge >= 0.3 is 6.03 Å². The average molecular weight is 286 g/mol. The largest absolute Gasteiger partial charge is 0.378 e. The summed E-state index contributed by atoms with van der Waals surface area (Å²) in [6, 6.07) is 9.65. The molecule has 3 rings (SSSR count). The molecule has 110 valence electrons. The second-order valence-electron chi connectivity index (χ2n) is 4.93. The summed E-state index contributed by atoms with van der Waals surface area (Å²) >= 11 is 0. The SMILES string of the molecule is O=C(Nc1ccc(Cn2cccn2)cc1)N1CCOCC1. The zero-order chi connectivity index (χ0) is 14.5. The number of ether oxygens (including phenoxy) is 1. The smallest absolute Gasteiger partial charge is 0.321 e. The van der Waals surface area contributed by atoms with Gasteiger partial charge in [-0.15, -0.1) is 0 Å². The molecule has 0 radical (unpaired) electrons. The highest BCUT2D eigenvalue weighted by Crippen LogP contribution is 2.12. The standard InChI is InChI=1S/C15H18N4O2/c20-15(18-8-10-21-11-9-18)17-14-4-2-13(3-5-14)12-19-7-1-6-16-19/h1-7H,8-12H2,(H,17,20). The molecule has 2 heterocycles. The van der Waals surface area contributed by atoms with Crippen LogP contribution in [-0.2, 0) is 11.3 Å². The number of benzene rings is 1. The second-order valence-corrected chi connectivity index (χ2v) is 4.93. The fourth-order valence-corrected chi connectivity index (χ4v) is 2.24. The molecule has 1 saturated heterocycles. The number of carbonyl (C=O) groups excluding carboxylic acids is 1. The maximum atomic E-state index is 12.1. The summed E-state index contributed by atoms with van der Waals surface area (Å²) in [6.45, 7) is 3.23. The third-order valence-electron chi connectivity index (χ3n) is 3.41. The number of hydrogen-bond acceptors (Lipinski definition) is 3. The van der Waals surface area contributed by atoms with Crippen LogP contribution in [0.25, 0.3) is 0 Å². The van der Waals surface area contributed by atoms with Crippen molar-refractivity contribution in [1.29, 1.82) is 0 Å². The van der Waals surface area contributed by atoms with E-state index in [2.05, 4.69) is 10.4 Å². The minimum absolute atomic E-state index is 0.0712. The van der Waals surface area contributed by atoms with Crippen LogP contribution in [0, 0.1) is 0 Å². The first-order valence-corrected chi connectivity index (χ1v) is 7.01. The number of aromatic nitrogens is 2. The molecule has 1 fully saturated rings. The van der Waals surface area contributed by atoms with Crippen molar-refractivity contribution in [2.75, 3.05) is 31.6 Å². The summed E-state index contributed by atoms with van der Waals surface area (Å²) in [5.41, 5.74) is 1.94. The van der Waals surface area contributed by atoms with Gasteiger partial charge in [0.2, 0.25) is 0 Å². The maximum Gasteiger partial charge on any atom is 0.321 e. The molecule has 1 aromatic carbocycles. The van der Waals surface area contributed by atoms with Crippen LogP contribution in [0.5, 0.6) is 0 Å². The number of nitrogens with zero attached hydrogens (tertiary/aromatic N) is 3. The molecule has 0 atom stereocenters. The third kappa shape index (κ3) is 3.61. The van der Waals surface area contributed by atoms with Crippen molar-refractivity contribution in [3.05, 3.63) is 48.3 Å². The number of carbonyl (C=O) groups is 1. The Labute approximate surface area is 123 Å². The molecule has 1 aromatic heterocycles. The van der Waals surface area contributed by atoms with Crippen LogP contribution in [0.3, 0.4) is 0 Å². The van der Waals surface area contributed by atoms with Crippen molar-refractivity contribution in [3.8, 4) is 0 Å². The number of nitrogens with one attached hydrogen (secondary N) is 1. The third-order valence-corrected chi connectivity index (χ3v) is 3.41. The number of rotatable bonds is 3. The molecular weight excluding hydrogens is 268 g/mol. The highest BCUT2D eigenvalue weighted by Gasteiger charge is 2.16. The predicted molar refractivity (Wildman–Crippen MR) is 79.2 cm³/mol. The molecule has 6 nitrogen and oxygen atoms in total. The molecule has 0 saturated carbocycles. The fraction of sp³-hybridized carbons (Fsp3) is 0.333. The normalized spacial score (nSPS) is 15.0. The Bertz CT molecular complexity index is 574. The summed E-state index contributed by atoms with van der Waals surface area (Å²) in [4.78, 5) is 13.8. The molecule has 21 heavy (non-hydrogen) atoms. The first kappa shape index (κ1) is 13.6. The van der Waals surface area contributed by atoms with Crippen molar-refractivity contribution in [1.82, 2.24) is 14.7 Å². The molecular formula is C15H18N4O2. The zero-order valence-corrected chi connectivity index (χ0v) is 11.7. The van der Waals surface area contributed by atoms with Gasteiger partial charge in [0.25, 0.3) is 0 Å². The molecule has 0 unspecified atom stereocenters. The highest BCUT2D eigenvalue weighted by atomic mass is 16.5. The molecule has 1 aliphatic rings. The van der Waals surface area contributed by atoms with Crippen LogP contribution in [0.15, 0.2) is 42.7 Å². The lowest BCUT2D eigenvalue weighted by Gasteiger charge is -2.26. The Morgan fingerprint density at radius 1 is 1.24 bits per heavy atom. The molecule has 2 aromatic rings. The monoisotopic (exact) mass is 286 g/mol.